The summed E-state index contributed by atoms with van der Waals surface area (Å²) in [4.78, 5) is 1.19. The monoisotopic (exact) mass is 259 g/mol. The molecule has 0 heterocycles. The maximum Gasteiger partial charge on any atom is 0.123 e. The molecular weight excluding hydrogens is 245 g/mol. The van der Waals surface area contributed by atoms with Gasteiger partial charge in [0.25, 0.3) is 0 Å². The van der Waals surface area contributed by atoms with Crippen LogP contribution >= 0.6 is 11.8 Å². The fourth-order valence-electron chi connectivity index (χ4n) is 1.59. The lowest BCUT2D eigenvalue weighted by molar-refractivity contribution is 0.628. The zero-order valence-corrected chi connectivity index (χ0v) is 10.9. The minimum absolute atomic E-state index is 0.240. The summed E-state index contributed by atoms with van der Waals surface area (Å²) in [6.07, 6.45) is 2.04. The Hall–Kier alpha value is -1.74. The number of hydrogen-bond acceptors (Lipinski definition) is 2. The van der Waals surface area contributed by atoms with E-state index in [4.69, 9.17) is 0 Å². The van der Waals surface area contributed by atoms with Crippen molar-refractivity contribution >= 4 is 23.1 Å². The van der Waals surface area contributed by atoms with Crippen molar-refractivity contribution in [1.29, 1.82) is 0 Å². The average Bonchev–Trinajstić information content (AvgIpc) is 2.41. The molecule has 0 fully saturated rings. The summed E-state index contributed by atoms with van der Waals surface area (Å²) in [7, 11) is 0. The molecule has 0 spiro atoms. The number of thioether (sulfide) groups is 1. The topological polar surface area (TPSA) is 12.0 Å². The van der Waals surface area contributed by atoms with Crippen molar-refractivity contribution in [2.24, 2.45) is 0 Å². The van der Waals surface area contributed by atoms with Crippen LogP contribution in [0.3, 0.4) is 0 Å². The van der Waals surface area contributed by atoms with Gasteiger partial charge in [-0.25, -0.2) is 4.39 Å². The van der Waals surface area contributed by atoms with E-state index in [0.717, 1.165) is 16.9 Å². The highest BCUT2D eigenvalue weighted by atomic mass is 32.2. The van der Waals surface area contributed by atoms with Crippen LogP contribution in [0.15, 0.2) is 60.0 Å². The zero-order valence-electron chi connectivity index (χ0n) is 10.1. The van der Waals surface area contributed by atoms with Crippen LogP contribution in [0, 0.1) is 5.82 Å². The van der Waals surface area contributed by atoms with Gasteiger partial charge in [0, 0.05) is 16.3 Å². The quantitative estimate of drug-likeness (QED) is 0.803. The molecule has 0 aliphatic heterocycles. The first-order chi connectivity index (χ1) is 8.69. The molecule has 18 heavy (non-hydrogen) atoms. The average molecular weight is 259 g/mol. The Balaban J connectivity index is 2.14. The maximum atomic E-state index is 12.8. The summed E-state index contributed by atoms with van der Waals surface area (Å²) >= 11 is 1.69. The summed E-state index contributed by atoms with van der Waals surface area (Å²) in [5.74, 6) is -0.240. The fourth-order valence-corrected chi connectivity index (χ4v) is 2.05. The third kappa shape index (κ3) is 3.14. The second-order valence-corrected chi connectivity index (χ2v) is 4.72. The third-order valence-electron chi connectivity index (χ3n) is 2.56. The summed E-state index contributed by atoms with van der Waals surface area (Å²) in [5, 5.41) is 3.17. The largest absolute Gasteiger partial charge is 0.356 e. The summed E-state index contributed by atoms with van der Waals surface area (Å²) in [6, 6.07) is 14.4. The van der Waals surface area contributed by atoms with Crippen molar-refractivity contribution in [3.63, 3.8) is 0 Å². The van der Waals surface area contributed by atoms with E-state index in [1.165, 1.54) is 17.0 Å². The minimum atomic E-state index is -0.240. The van der Waals surface area contributed by atoms with E-state index in [2.05, 4.69) is 24.0 Å². The van der Waals surface area contributed by atoms with Gasteiger partial charge in [0.15, 0.2) is 0 Å². The second-order valence-electron chi connectivity index (χ2n) is 3.84. The Morgan fingerprint density at radius 3 is 2.56 bits per heavy atom. The van der Waals surface area contributed by atoms with Gasteiger partial charge in [0.2, 0.25) is 0 Å². The first-order valence-corrected chi connectivity index (χ1v) is 6.77. The van der Waals surface area contributed by atoms with Crippen LogP contribution in [-0.2, 0) is 0 Å². The number of rotatable bonds is 4. The number of hydrogen-bond donors (Lipinski definition) is 1. The van der Waals surface area contributed by atoms with Crippen LogP contribution < -0.4 is 5.32 Å². The molecule has 0 amide bonds. The molecule has 0 bridgehead atoms. The van der Waals surface area contributed by atoms with Gasteiger partial charge in [-0.3, -0.25) is 0 Å². The van der Waals surface area contributed by atoms with Gasteiger partial charge >= 0.3 is 0 Å². The normalized spacial score (nSPS) is 10.1. The van der Waals surface area contributed by atoms with Crippen molar-refractivity contribution < 1.29 is 4.39 Å². The van der Waals surface area contributed by atoms with Gasteiger partial charge in [0.05, 0.1) is 0 Å². The molecule has 0 aliphatic carbocycles. The van der Waals surface area contributed by atoms with Crippen LogP contribution in [-0.4, -0.2) is 6.26 Å². The Morgan fingerprint density at radius 1 is 1.17 bits per heavy atom. The van der Waals surface area contributed by atoms with E-state index < -0.39 is 0 Å². The van der Waals surface area contributed by atoms with Gasteiger partial charge in [0.1, 0.15) is 5.82 Å². The highest BCUT2D eigenvalue weighted by molar-refractivity contribution is 7.98. The van der Waals surface area contributed by atoms with Gasteiger partial charge in [-0.15, -0.1) is 11.8 Å². The van der Waals surface area contributed by atoms with E-state index in [-0.39, 0.29) is 5.82 Å². The van der Waals surface area contributed by atoms with E-state index >= 15 is 0 Å². The molecule has 1 nitrogen and oxygen atoms in total. The molecular formula is C15H14FNS. The molecule has 1 N–H and O–H groups in total. The van der Waals surface area contributed by atoms with Crippen LogP contribution in [0.1, 0.15) is 5.56 Å². The SMILES string of the molecule is C=C(Nc1ccc(F)cc1)c1cccc(SC)c1. The van der Waals surface area contributed by atoms with Gasteiger partial charge in [-0.2, -0.15) is 0 Å². The van der Waals surface area contributed by atoms with Crippen molar-refractivity contribution in [1.82, 2.24) is 0 Å². The lowest BCUT2D eigenvalue weighted by Crippen LogP contribution is -1.97. The number of halogens is 1. The predicted octanol–water partition coefficient (Wildman–Crippen LogP) is 4.63. The highest BCUT2D eigenvalue weighted by Crippen LogP contribution is 2.22. The van der Waals surface area contributed by atoms with Crippen molar-refractivity contribution in [2.45, 2.75) is 4.90 Å². The molecule has 2 rings (SSSR count). The van der Waals surface area contributed by atoms with Gasteiger partial charge in [-0.05, 0) is 48.2 Å². The molecule has 0 aromatic heterocycles. The summed E-state index contributed by atoms with van der Waals surface area (Å²) in [6.45, 7) is 4.00. The Labute approximate surface area is 111 Å². The van der Waals surface area contributed by atoms with E-state index in [1.54, 1.807) is 23.9 Å². The zero-order chi connectivity index (χ0) is 13.0. The van der Waals surface area contributed by atoms with Crippen LogP contribution in [0.25, 0.3) is 5.70 Å². The summed E-state index contributed by atoms with van der Waals surface area (Å²) in [5.41, 5.74) is 2.67. The fraction of sp³-hybridized carbons (Fsp3) is 0.0667. The molecule has 0 saturated carbocycles. The first kappa shape index (κ1) is 12.7. The molecule has 0 radical (unpaired) electrons. The molecule has 2 aromatic rings. The maximum absolute atomic E-state index is 12.8. The summed E-state index contributed by atoms with van der Waals surface area (Å²) < 4.78 is 12.8. The molecule has 3 heteroatoms. The molecule has 0 aliphatic rings. The van der Waals surface area contributed by atoms with Crippen LogP contribution in [0.5, 0.6) is 0 Å². The number of anilines is 1. The van der Waals surface area contributed by atoms with Gasteiger partial charge < -0.3 is 5.32 Å². The smallest absolute Gasteiger partial charge is 0.123 e. The number of benzene rings is 2. The minimum Gasteiger partial charge on any atom is -0.356 e. The molecule has 92 valence electrons. The number of nitrogens with one attached hydrogen (secondary N) is 1. The van der Waals surface area contributed by atoms with Crippen molar-refractivity contribution in [3.8, 4) is 0 Å². The lowest BCUT2D eigenvalue weighted by atomic mass is 10.1. The van der Waals surface area contributed by atoms with E-state index in [1.807, 2.05) is 18.4 Å². The highest BCUT2D eigenvalue weighted by Gasteiger charge is 2.01. The molecule has 2 aromatic carbocycles. The van der Waals surface area contributed by atoms with E-state index in [0.29, 0.717) is 0 Å². The van der Waals surface area contributed by atoms with Gasteiger partial charge in [-0.1, -0.05) is 18.7 Å². The Morgan fingerprint density at radius 2 is 1.89 bits per heavy atom. The van der Waals surface area contributed by atoms with Crippen molar-refractivity contribution in [2.75, 3.05) is 11.6 Å². The molecule has 0 unspecified atom stereocenters. The lowest BCUT2D eigenvalue weighted by Gasteiger charge is -2.10. The molecule has 0 saturated heterocycles. The van der Waals surface area contributed by atoms with Crippen LogP contribution in [0.4, 0.5) is 10.1 Å². The Bertz CT molecular complexity index is 549. The first-order valence-electron chi connectivity index (χ1n) is 5.55. The third-order valence-corrected chi connectivity index (χ3v) is 3.28. The second kappa shape index (κ2) is 5.74. The molecule has 0 atom stereocenters. The predicted molar refractivity (Wildman–Crippen MR) is 77.3 cm³/mol. The van der Waals surface area contributed by atoms with Crippen molar-refractivity contribution in [3.05, 3.63) is 66.5 Å². The van der Waals surface area contributed by atoms with E-state index in [9.17, 15) is 4.39 Å². The standard InChI is InChI=1S/C15H14FNS/c1-11(12-4-3-5-15(10-12)18-2)17-14-8-6-13(16)7-9-14/h3-10,17H,1H2,2H3. The van der Waals surface area contributed by atoms with Crippen LogP contribution in [0.2, 0.25) is 0 Å². The Kier molecular flexibility index (Phi) is 4.05.